The van der Waals surface area contributed by atoms with Crippen molar-refractivity contribution in [1.82, 2.24) is 29.0 Å². The van der Waals surface area contributed by atoms with Crippen LogP contribution < -0.4 is 21.5 Å². The lowest BCUT2D eigenvalue weighted by Crippen LogP contribution is -2.53. The molecular formula is C31H27F4N7O6. The van der Waals surface area contributed by atoms with E-state index in [-0.39, 0.29) is 42.0 Å². The van der Waals surface area contributed by atoms with Gasteiger partial charge in [0.05, 0.1) is 47.6 Å². The van der Waals surface area contributed by atoms with E-state index < -0.39 is 59.4 Å². The molecule has 1 saturated heterocycles. The average Bonchev–Trinajstić information content (AvgIpc) is 3.54. The largest absolute Gasteiger partial charge is 0.480 e. The number of hydrogen-bond donors (Lipinski definition) is 2. The van der Waals surface area contributed by atoms with Crippen molar-refractivity contribution < 1.29 is 37.0 Å². The second kappa shape index (κ2) is 12.2. The van der Waals surface area contributed by atoms with Gasteiger partial charge in [0.15, 0.2) is 0 Å². The smallest absolute Gasteiger partial charge is 0.411 e. The standard InChI is InChI=1S/C31H27F4N7O6/c1-16-11-18(40-9-10-48-15-24(40)31(33,34)35)13-20(32)26(16)27(43)38-21(29(45)46)12-17-3-4-25(42-22(17)6-8-37-42)41-28(44)19-5-7-36-14-23(19)39(2)30(41)47/h3-8,11,13-14,21,24H,9-10,12,15H2,1-2H3,(H,38,43)(H,45,46)/t21-,24+/m0/s1. The van der Waals surface area contributed by atoms with Gasteiger partial charge in [0.25, 0.3) is 11.5 Å². The van der Waals surface area contributed by atoms with Crippen molar-refractivity contribution in [1.29, 1.82) is 0 Å². The highest BCUT2D eigenvalue weighted by molar-refractivity contribution is 5.98. The van der Waals surface area contributed by atoms with Crippen LogP contribution >= 0.6 is 0 Å². The van der Waals surface area contributed by atoms with Crippen LogP contribution in [0.15, 0.2) is 64.6 Å². The first kappa shape index (κ1) is 32.4. The zero-order valence-electron chi connectivity index (χ0n) is 25.4. The molecule has 0 saturated carbocycles. The Bertz CT molecular complexity index is 2190. The lowest BCUT2D eigenvalue weighted by Gasteiger charge is -2.38. The number of amides is 1. The number of carbonyl (C=O) groups is 2. The van der Waals surface area contributed by atoms with Crippen LogP contribution in [0.4, 0.5) is 23.2 Å². The van der Waals surface area contributed by atoms with Crippen LogP contribution in [-0.4, -0.2) is 78.7 Å². The van der Waals surface area contributed by atoms with Crippen molar-refractivity contribution in [2.45, 2.75) is 31.6 Å². The minimum Gasteiger partial charge on any atom is -0.480 e. The third kappa shape index (κ3) is 5.65. The summed E-state index contributed by atoms with van der Waals surface area (Å²) in [6.07, 6.45) is -0.764. The van der Waals surface area contributed by atoms with Gasteiger partial charge < -0.3 is 20.1 Å². The van der Waals surface area contributed by atoms with E-state index in [0.29, 0.717) is 16.6 Å². The van der Waals surface area contributed by atoms with Crippen LogP contribution in [0.1, 0.15) is 21.5 Å². The summed E-state index contributed by atoms with van der Waals surface area (Å²) < 4.78 is 64.6. The predicted molar refractivity (Wildman–Crippen MR) is 163 cm³/mol. The number of aryl methyl sites for hydroxylation is 2. The van der Waals surface area contributed by atoms with Crippen molar-refractivity contribution in [2.24, 2.45) is 7.05 Å². The van der Waals surface area contributed by atoms with Crippen molar-refractivity contribution >= 4 is 34.0 Å². The molecule has 5 heterocycles. The SMILES string of the molecule is Cc1cc(N2CCOC[C@@H]2C(F)(F)F)cc(F)c1C(=O)N[C@@H](Cc1ccc(-n2c(=O)c3ccncc3n(C)c2=O)n2nccc12)C(=O)O. The number of carboxylic acid groups (broad SMARTS) is 1. The fourth-order valence-corrected chi connectivity index (χ4v) is 5.91. The summed E-state index contributed by atoms with van der Waals surface area (Å²) in [5, 5.41) is 16.8. The maximum Gasteiger partial charge on any atom is 0.411 e. The summed E-state index contributed by atoms with van der Waals surface area (Å²) >= 11 is 0. The monoisotopic (exact) mass is 669 g/mol. The Morgan fingerprint density at radius 1 is 1.12 bits per heavy atom. The molecule has 0 radical (unpaired) electrons. The van der Waals surface area contributed by atoms with E-state index in [1.807, 2.05) is 0 Å². The van der Waals surface area contributed by atoms with Crippen LogP contribution in [0, 0.1) is 12.7 Å². The van der Waals surface area contributed by atoms with E-state index in [1.54, 1.807) is 0 Å². The highest BCUT2D eigenvalue weighted by atomic mass is 19.4. The van der Waals surface area contributed by atoms with Gasteiger partial charge in [-0.3, -0.25) is 19.1 Å². The van der Waals surface area contributed by atoms with Crippen molar-refractivity contribution in [3.05, 3.63) is 98.3 Å². The van der Waals surface area contributed by atoms with E-state index in [2.05, 4.69) is 15.4 Å². The number of rotatable bonds is 7. The maximum absolute atomic E-state index is 15.4. The number of nitrogens with one attached hydrogen (secondary N) is 1. The zero-order valence-corrected chi connectivity index (χ0v) is 25.4. The van der Waals surface area contributed by atoms with Gasteiger partial charge in [-0.1, -0.05) is 6.07 Å². The highest BCUT2D eigenvalue weighted by Gasteiger charge is 2.45. The number of ether oxygens (including phenoxy) is 1. The molecule has 1 amide bonds. The Hall–Kier alpha value is -5.58. The topological polar surface area (TPSA) is 153 Å². The molecule has 250 valence electrons. The Morgan fingerprint density at radius 2 is 1.90 bits per heavy atom. The summed E-state index contributed by atoms with van der Waals surface area (Å²) in [4.78, 5) is 57.1. The molecule has 1 aromatic carbocycles. The minimum atomic E-state index is -4.65. The second-order valence-corrected chi connectivity index (χ2v) is 11.2. The molecule has 1 aliphatic rings. The van der Waals surface area contributed by atoms with Gasteiger partial charge in [0.1, 0.15) is 23.7 Å². The molecule has 48 heavy (non-hydrogen) atoms. The summed E-state index contributed by atoms with van der Waals surface area (Å²) in [5.41, 5.74) is -0.904. The molecule has 0 aliphatic carbocycles. The first-order chi connectivity index (χ1) is 22.8. The number of hydrogen-bond acceptors (Lipinski definition) is 8. The molecule has 2 N–H and O–H groups in total. The number of halogens is 4. The van der Waals surface area contributed by atoms with E-state index in [0.717, 1.165) is 15.5 Å². The molecule has 4 aromatic heterocycles. The van der Waals surface area contributed by atoms with Crippen LogP contribution in [0.25, 0.3) is 22.2 Å². The Balaban J connectivity index is 1.30. The number of nitrogens with zero attached hydrogens (tertiary/aromatic N) is 6. The number of morpholine rings is 1. The maximum atomic E-state index is 15.4. The molecule has 0 spiro atoms. The number of aromatic nitrogens is 5. The molecule has 6 rings (SSSR count). The van der Waals surface area contributed by atoms with Crippen molar-refractivity contribution in [3.63, 3.8) is 0 Å². The summed E-state index contributed by atoms with van der Waals surface area (Å²) in [7, 11) is 1.48. The quantitative estimate of drug-likeness (QED) is 0.249. The molecule has 0 bridgehead atoms. The fraction of sp³-hybridized carbons (Fsp3) is 0.290. The number of anilines is 1. The average molecular weight is 670 g/mol. The first-order valence-electron chi connectivity index (χ1n) is 14.5. The molecular weight excluding hydrogens is 642 g/mol. The number of carbonyl (C=O) groups excluding carboxylic acids is 1. The molecule has 17 heteroatoms. The van der Waals surface area contributed by atoms with Crippen molar-refractivity contribution in [3.8, 4) is 5.82 Å². The van der Waals surface area contributed by atoms with Crippen molar-refractivity contribution in [2.75, 3.05) is 24.7 Å². The number of fused-ring (bicyclic) bond motifs is 2. The van der Waals surface area contributed by atoms with Gasteiger partial charge >= 0.3 is 17.8 Å². The normalized spacial score (nSPS) is 16.0. The van der Waals surface area contributed by atoms with Gasteiger partial charge in [-0.25, -0.2) is 23.1 Å². The predicted octanol–water partition coefficient (Wildman–Crippen LogP) is 2.37. The second-order valence-electron chi connectivity index (χ2n) is 11.2. The molecule has 1 aliphatic heterocycles. The Morgan fingerprint density at radius 3 is 2.60 bits per heavy atom. The van der Waals surface area contributed by atoms with Crippen LogP contribution in [0.5, 0.6) is 0 Å². The number of benzene rings is 1. The van der Waals surface area contributed by atoms with Crippen LogP contribution in [-0.2, 0) is 23.0 Å². The lowest BCUT2D eigenvalue weighted by atomic mass is 10.0. The van der Waals surface area contributed by atoms with Gasteiger partial charge in [0, 0.05) is 31.9 Å². The highest BCUT2D eigenvalue weighted by Crippen LogP contribution is 2.33. The fourth-order valence-electron chi connectivity index (χ4n) is 5.91. The Labute approximate surface area is 267 Å². The first-order valence-corrected chi connectivity index (χ1v) is 14.5. The third-order valence-corrected chi connectivity index (χ3v) is 8.29. The van der Waals surface area contributed by atoms with E-state index >= 15 is 4.39 Å². The third-order valence-electron chi connectivity index (χ3n) is 8.29. The van der Waals surface area contributed by atoms with Crippen LogP contribution in [0.2, 0.25) is 0 Å². The molecule has 0 unspecified atom stereocenters. The van der Waals surface area contributed by atoms with Gasteiger partial charge in [-0.05, 0) is 48.4 Å². The summed E-state index contributed by atoms with van der Waals surface area (Å²) in [6.45, 7) is 0.545. The van der Waals surface area contributed by atoms with Gasteiger partial charge in [0.2, 0.25) is 0 Å². The van der Waals surface area contributed by atoms with E-state index in [9.17, 15) is 37.5 Å². The van der Waals surface area contributed by atoms with E-state index in [4.69, 9.17) is 4.74 Å². The zero-order chi connectivity index (χ0) is 34.5. The molecule has 13 nitrogen and oxygen atoms in total. The minimum absolute atomic E-state index is 0.000206. The number of alkyl halides is 3. The van der Waals surface area contributed by atoms with Gasteiger partial charge in [-0.2, -0.15) is 18.3 Å². The molecule has 2 atom stereocenters. The number of aliphatic carboxylic acids is 1. The van der Waals surface area contributed by atoms with Crippen LogP contribution in [0.3, 0.4) is 0 Å². The summed E-state index contributed by atoms with van der Waals surface area (Å²) in [5.74, 6) is -3.58. The number of pyridine rings is 2. The number of carboxylic acids is 1. The molecule has 1 fully saturated rings. The molecule has 5 aromatic rings. The summed E-state index contributed by atoms with van der Waals surface area (Å²) in [6, 6.07) is 4.36. The van der Waals surface area contributed by atoms with E-state index in [1.165, 1.54) is 72.0 Å². The lowest BCUT2D eigenvalue weighted by molar-refractivity contribution is -0.167. The van der Waals surface area contributed by atoms with Gasteiger partial charge in [-0.15, -0.1) is 0 Å². The Kier molecular flexibility index (Phi) is 8.24.